The van der Waals surface area contributed by atoms with Gasteiger partial charge >= 0.3 is 5.69 Å². The third-order valence-electron chi connectivity index (χ3n) is 2.78. The zero-order valence-electron chi connectivity index (χ0n) is 10.4. The number of nitrogens with zero attached hydrogens (tertiary/aromatic N) is 1. The molecule has 0 amide bonds. The summed E-state index contributed by atoms with van der Waals surface area (Å²) in [4.78, 5) is 10.6. The Kier molecular flexibility index (Phi) is 4.39. The van der Waals surface area contributed by atoms with Gasteiger partial charge < -0.3 is 10.1 Å². The summed E-state index contributed by atoms with van der Waals surface area (Å²) in [5, 5.41) is 14.6. The molecular formula is C13H15ClN2O3. The number of nitro groups is 1. The molecule has 1 N–H and O–H groups in total. The van der Waals surface area contributed by atoms with Gasteiger partial charge in [0.15, 0.2) is 5.75 Å². The van der Waals surface area contributed by atoms with Crippen LogP contribution in [0.25, 0.3) is 0 Å². The van der Waals surface area contributed by atoms with Crippen LogP contribution < -0.4 is 10.1 Å². The van der Waals surface area contributed by atoms with Crippen molar-refractivity contribution in [3.05, 3.63) is 45.5 Å². The molecule has 0 spiro atoms. The second-order valence-corrected chi connectivity index (χ2v) is 5.05. The first-order valence-electron chi connectivity index (χ1n) is 6.03. The van der Waals surface area contributed by atoms with Crippen molar-refractivity contribution in [2.75, 3.05) is 6.61 Å². The van der Waals surface area contributed by atoms with Gasteiger partial charge in [0.25, 0.3) is 0 Å². The number of benzene rings is 1. The van der Waals surface area contributed by atoms with E-state index in [1.54, 1.807) is 6.07 Å². The summed E-state index contributed by atoms with van der Waals surface area (Å²) >= 11 is 5.58. The number of ether oxygens (including phenoxy) is 1. The number of hydrogen-bond donors (Lipinski definition) is 1. The fourth-order valence-electron chi connectivity index (χ4n) is 1.64. The highest BCUT2D eigenvalue weighted by molar-refractivity contribution is 6.29. The standard InChI is InChI=1S/C13H15ClN2O3/c1-9(14)8-19-13-5-2-10(6-12(13)16(17)18)7-15-11-3-4-11/h2,5-6,11,15H,1,3-4,7-8H2. The second-order valence-electron chi connectivity index (χ2n) is 4.52. The highest BCUT2D eigenvalue weighted by Gasteiger charge is 2.21. The molecule has 1 aromatic rings. The number of hydrogen-bond acceptors (Lipinski definition) is 4. The summed E-state index contributed by atoms with van der Waals surface area (Å²) in [7, 11) is 0. The quantitative estimate of drug-likeness (QED) is 0.617. The number of halogens is 1. The lowest BCUT2D eigenvalue weighted by Crippen LogP contribution is -2.15. The lowest BCUT2D eigenvalue weighted by molar-refractivity contribution is -0.385. The Bertz CT molecular complexity index is 501. The minimum absolute atomic E-state index is 0.0481. The Hall–Kier alpha value is -1.59. The average Bonchev–Trinajstić information content (AvgIpc) is 3.18. The van der Waals surface area contributed by atoms with Gasteiger partial charge in [0.2, 0.25) is 0 Å². The number of nitrogens with one attached hydrogen (secondary N) is 1. The third kappa shape index (κ3) is 4.22. The summed E-state index contributed by atoms with van der Waals surface area (Å²) in [6.45, 7) is 4.17. The predicted octanol–water partition coefficient (Wildman–Crippen LogP) is 2.98. The molecule has 0 aromatic heterocycles. The van der Waals surface area contributed by atoms with E-state index in [9.17, 15) is 10.1 Å². The van der Waals surface area contributed by atoms with Crippen LogP contribution in [0.2, 0.25) is 0 Å². The van der Waals surface area contributed by atoms with Crippen LogP contribution in [0.3, 0.4) is 0 Å². The van der Waals surface area contributed by atoms with Gasteiger partial charge in [0.1, 0.15) is 6.61 Å². The monoisotopic (exact) mass is 282 g/mol. The van der Waals surface area contributed by atoms with E-state index in [0.29, 0.717) is 17.6 Å². The maximum Gasteiger partial charge on any atom is 0.311 e. The summed E-state index contributed by atoms with van der Waals surface area (Å²) in [6.07, 6.45) is 2.36. The van der Waals surface area contributed by atoms with Crippen LogP contribution in [0.15, 0.2) is 29.8 Å². The first kappa shape index (κ1) is 13.8. The molecule has 19 heavy (non-hydrogen) atoms. The van der Waals surface area contributed by atoms with E-state index in [1.165, 1.54) is 18.9 Å². The van der Waals surface area contributed by atoms with E-state index in [4.69, 9.17) is 16.3 Å². The van der Waals surface area contributed by atoms with Crippen LogP contribution in [0.5, 0.6) is 5.75 Å². The lowest BCUT2D eigenvalue weighted by Gasteiger charge is -2.08. The summed E-state index contributed by atoms with van der Waals surface area (Å²) < 4.78 is 5.26. The molecule has 1 fully saturated rings. The molecule has 0 atom stereocenters. The molecule has 0 heterocycles. The van der Waals surface area contributed by atoms with Crippen LogP contribution >= 0.6 is 11.6 Å². The maximum absolute atomic E-state index is 11.0. The van der Waals surface area contributed by atoms with Gasteiger partial charge in [0.05, 0.1) is 4.92 Å². The van der Waals surface area contributed by atoms with Crippen molar-refractivity contribution in [2.45, 2.75) is 25.4 Å². The molecule has 1 saturated carbocycles. The number of nitro benzene ring substituents is 1. The van der Waals surface area contributed by atoms with Gasteiger partial charge in [-0.25, -0.2) is 0 Å². The topological polar surface area (TPSA) is 64.4 Å². The second kappa shape index (κ2) is 6.04. The van der Waals surface area contributed by atoms with E-state index >= 15 is 0 Å². The molecule has 0 aliphatic heterocycles. The molecule has 0 radical (unpaired) electrons. The van der Waals surface area contributed by atoms with Gasteiger partial charge in [-0.1, -0.05) is 24.2 Å². The first-order valence-corrected chi connectivity index (χ1v) is 6.41. The molecule has 1 aromatic carbocycles. The van der Waals surface area contributed by atoms with Crippen molar-refractivity contribution in [1.82, 2.24) is 5.32 Å². The van der Waals surface area contributed by atoms with E-state index < -0.39 is 4.92 Å². The molecule has 0 saturated heterocycles. The SMILES string of the molecule is C=C(Cl)COc1ccc(CNC2CC2)cc1[N+](=O)[O-]. The minimum Gasteiger partial charge on any atom is -0.481 e. The fourth-order valence-corrected chi connectivity index (χ4v) is 1.70. The molecule has 0 bridgehead atoms. The van der Waals surface area contributed by atoms with Gasteiger partial charge in [-0.2, -0.15) is 0 Å². The van der Waals surface area contributed by atoms with Crippen LogP contribution in [-0.2, 0) is 6.54 Å². The van der Waals surface area contributed by atoms with Crippen LogP contribution in [-0.4, -0.2) is 17.6 Å². The van der Waals surface area contributed by atoms with Gasteiger partial charge in [0, 0.05) is 23.7 Å². The molecule has 6 heteroatoms. The van der Waals surface area contributed by atoms with Crippen molar-refractivity contribution in [1.29, 1.82) is 0 Å². The Morgan fingerprint density at radius 3 is 2.89 bits per heavy atom. The van der Waals surface area contributed by atoms with Crippen molar-refractivity contribution in [3.63, 3.8) is 0 Å². The van der Waals surface area contributed by atoms with Crippen LogP contribution in [0.4, 0.5) is 5.69 Å². The first-order chi connectivity index (χ1) is 9.06. The average molecular weight is 283 g/mol. The Balaban J connectivity index is 2.09. The Labute approximate surface area is 116 Å². The summed E-state index contributed by atoms with van der Waals surface area (Å²) in [5.41, 5.74) is 0.823. The van der Waals surface area contributed by atoms with E-state index in [2.05, 4.69) is 11.9 Å². The maximum atomic E-state index is 11.0. The normalized spacial score (nSPS) is 14.2. The molecule has 1 aliphatic rings. The van der Waals surface area contributed by atoms with E-state index in [0.717, 1.165) is 5.56 Å². The van der Waals surface area contributed by atoms with Gasteiger partial charge in [-0.15, -0.1) is 0 Å². The predicted molar refractivity (Wildman–Crippen MR) is 73.4 cm³/mol. The van der Waals surface area contributed by atoms with Crippen molar-refractivity contribution in [2.24, 2.45) is 0 Å². The van der Waals surface area contributed by atoms with Crippen LogP contribution in [0.1, 0.15) is 18.4 Å². The molecule has 102 valence electrons. The summed E-state index contributed by atoms with van der Waals surface area (Å²) in [6, 6.07) is 5.51. The van der Waals surface area contributed by atoms with E-state index in [1.807, 2.05) is 6.07 Å². The van der Waals surface area contributed by atoms with Crippen molar-refractivity contribution >= 4 is 17.3 Å². The highest BCUT2D eigenvalue weighted by atomic mass is 35.5. The minimum atomic E-state index is -0.451. The van der Waals surface area contributed by atoms with Crippen molar-refractivity contribution in [3.8, 4) is 5.75 Å². The Morgan fingerprint density at radius 1 is 1.58 bits per heavy atom. The lowest BCUT2D eigenvalue weighted by atomic mass is 10.2. The largest absolute Gasteiger partial charge is 0.481 e. The molecular weight excluding hydrogens is 268 g/mol. The van der Waals surface area contributed by atoms with Gasteiger partial charge in [-0.05, 0) is 24.5 Å². The third-order valence-corrected chi connectivity index (χ3v) is 2.89. The zero-order valence-corrected chi connectivity index (χ0v) is 11.2. The molecule has 1 aliphatic carbocycles. The molecule has 5 nitrogen and oxygen atoms in total. The van der Waals surface area contributed by atoms with Crippen molar-refractivity contribution < 1.29 is 9.66 Å². The smallest absolute Gasteiger partial charge is 0.311 e. The zero-order chi connectivity index (χ0) is 13.8. The fraction of sp³-hybridized carbons (Fsp3) is 0.385. The van der Waals surface area contributed by atoms with E-state index in [-0.39, 0.29) is 18.0 Å². The highest BCUT2D eigenvalue weighted by Crippen LogP contribution is 2.29. The van der Waals surface area contributed by atoms with Gasteiger partial charge in [-0.3, -0.25) is 10.1 Å². The summed E-state index contributed by atoms with van der Waals surface area (Å²) in [5.74, 6) is 0.210. The Morgan fingerprint density at radius 2 is 2.32 bits per heavy atom. The molecule has 2 rings (SSSR count). The molecule has 0 unspecified atom stereocenters. The number of rotatable bonds is 7. The van der Waals surface area contributed by atoms with Crippen LogP contribution in [0, 0.1) is 10.1 Å².